The Kier molecular flexibility index (Phi) is 3.20. The number of rotatable bonds is 6. The van der Waals surface area contributed by atoms with E-state index in [4.69, 9.17) is 5.73 Å². The highest BCUT2D eigenvalue weighted by molar-refractivity contribution is 5.93. The molecule has 3 aliphatic rings. The molecule has 0 aliphatic heterocycles. The number of benzene rings is 1. The Labute approximate surface area is 122 Å². The average Bonchev–Trinajstić information content (AvgIpc) is 2.32. The Hall–Kier alpha value is -1.95. The summed E-state index contributed by atoms with van der Waals surface area (Å²) in [4.78, 5) is 21.8. The molecule has 0 spiro atoms. The molecular weight excluding hydrogens is 270 g/mol. The topological polar surface area (TPSA) is 98.3 Å². The van der Waals surface area contributed by atoms with E-state index in [1.54, 1.807) is 6.07 Å². The summed E-state index contributed by atoms with van der Waals surface area (Å²) < 4.78 is 0. The van der Waals surface area contributed by atoms with Crippen molar-refractivity contribution in [3.05, 3.63) is 39.4 Å². The van der Waals surface area contributed by atoms with Crippen LogP contribution in [0.15, 0.2) is 18.2 Å². The fourth-order valence-corrected chi connectivity index (χ4v) is 3.59. The Bertz CT molecular complexity index is 597. The molecule has 6 heteroatoms. The second-order valence-electron chi connectivity index (χ2n) is 6.41. The summed E-state index contributed by atoms with van der Waals surface area (Å²) in [5.41, 5.74) is 6.29. The number of nitro benzene ring substituents is 1. The first-order chi connectivity index (χ1) is 9.91. The van der Waals surface area contributed by atoms with E-state index in [-0.39, 0.29) is 11.3 Å². The van der Waals surface area contributed by atoms with E-state index >= 15 is 0 Å². The van der Waals surface area contributed by atoms with E-state index in [0.717, 1.165) is 5.92 Å². The van der Waals surface area contributed by atoms with Gasteiger partial charge in [0.25, 0.3) is 5.69 Å². The van der Waals surface area contributed by atoms with Crippen molar-refractivity contribution in [2.24, 2.45) is 17.1 Å². The lowest BCUT2D eigenvalue weighted by Crippen LogP contribution is -2.61. The minimum absolute atomic E-state index is 0.0522. The van der Waals surface area contributed by atoms with E-state index in [9.17, 15) is 14.9 Å². The smallest absolute Gasteiger partial charge is 0.274 e. The van der Waals surface area contributed by atoms with Gasteiger partial charge in [-0.25, -0.2) is 0 Å². The van der Waals surface area contributed by atoms with E-state index < -0.39 is 10.8 Å². The van der Waals surface area contributed by atoms with Gasteiger partial charge in [-0.2, -0.15) is 0 Å². The van der Waals surface area contributed by atoms with Crippen LogP contribution in [0.2, 0.25) is 0 Å². The van der Waals surface area contributed by atoms with Crippen LogP contribution >= 0.6 is 0 Å². The van der Waals surface area contributed by atoms with Gasteiger partial charge in [0.2, 0.25) is 5.91 Å². The van der Waals surface area contributed by atoms with Crippen LogP contribution in [0.5, 0.6) is 0 Å². The maximum absolute atomic E-state index is 11.1. The van der Waals surface area contributed by atoms with Crippen LogP contribution in [-0.4, -0.2) is 16.9 Å². The lowest BCUT2D eigenvalue weighted by Gasteiger charge is -2.65. The number of carbonyl (C=O) groups is 1. The van der Waals surface area contributed by atoms with Crippen molar-refractivity contribution in [2.45, 2.75) is 38.8 Å². The molecule has 3 saturated carbocycles. The van der Waals surface area contributed by atoms with Gasteiger partial charge in [-0.3, -0.25) is 14.9 Å². The zero-order valence-corrected chi connectivity index (χ0v) is 12.0. The normalized spacial score (nSPS) is 27.4. The molecule has 1 aromatic carbocycles. The summed E-state index contributed by atoms with van der Waals surface area (Å²) in [6.45, 7) is 2.59. The molecular formula is C15H19N3O3. The number of hydrogen-bond acceptors (Lipinski definition) is 4. The highest BCUT2D eigenvalue weighted by Crippen LogP contribution is 2.66. The van der Waals surface area contributed by atoms with E-state index in [2.05, 4.69) is 12.2 Å². The zero-order chi connectivity index (χ0) is 15.2. The third-order valence-corrected chi connectivity index (χ3v) is 5.17. The number of primary amides is 1. The molecule has 3 fully saturated rings. The Balaban J connectivity index is 1.72. The Morgan fingerprint density at radius 1 is 1.52 bits per heavy atom. The van der Waals surface area contributed by atoms with Crippen LogP contribution in [0.4, 0.5) is 5.69 Å². The predicted molar refractivity (Wildman–Crippen MR) is 77.7 cm³/mol. The molecule has 3 aliphatic carbocycles. The van der Waals surface area contributed by atoms with Crippen LogP contribution in [0, 0.1) is 21.4 Å². The van der Waals surface area contributed by atoms with Crippen molar-refractivity contribution in [1.29, 1.82) is 0 Å². The van der Waals surface area contributed by atoms with Crippen LogP contribution in [0.25, 0.3) is 0 Å². The lowest BCUT2D eigenvalue weighted by atomic mass is 9.42. The van der Waals surface area contributed by atoms with E-state index in [1.165, 1.54) is 31.4 Å². The average molecular weight is 289 g/mol. The standard InChI is InChI=1S/C15H19N3O3/c1-9(15-5-10(6-15)7-15)17-8-12-3-2-11(14(16)19)4-13(12)18(20)21/h2-4,9-10,17H,5-8H2,1H3,(H2,16,19). The van der Waals surface area contributed by atoms with Gasteiger partial charge in [-0.05, 0) is 43.6 Å². The third kappa shape index (κ3) is 2.29. The lowest BCUT2D eigenvalue weighted by molar-refractivity contribution is -0.385. The van der Waals surface area contributed by atoms with Crippen molar-refractivity contribution >= 4 is 11.6 Å². The number of amides is 1. The maximum atomic E-state index is 11.1. The first-order valence-corrected chi connectivity index (χ1v) is 7.22. The van der Waals surface area contributed by atoms with Gasteiger partial charge in [-0.1, -0.05) is 6.07 Å². The molecule has 1 amide bonds. The monoisotopic (exact) mass is 289 g/mol. The second kappa shape index (κ2) is 4.80. The van der Waals surface area contributed by atoms with E-state index in [1.807, 2.05) is 0 Å². The molecule has 6 nitrogen and oxygen atoms in total. The highest BCUT2D eigenvalue weighted by Gasteiger charge is 2.58. The molecule has 1 aromatic rings. The summed E-state index contributed by atoms with van der Waals surface area (Å²) in [6, 6.07) is 4.76. The molecule has 2 bridgehead atoms. The summed E-state index contributed by atoms with van der Waals surface area (Å²) in [7, 11) is 0. The molecule has 112 valence electrons. The molecule has 0 heterocycles. The number of nitro groups is 1. The Morgan fingerprint density at radius 2 is 2.19 bits per heavy atom. The first kappa shape index (κ1) is 14.0. The molecule has 3 N–H and O–H groups in total. The van der Waals surface area contributed by atoms with Gasteiger partial charge in [-0.15, -0.1) is 0 Å². The highest BCUT2D eigenvalue weighted by atomic mass is 16.6. The SMILES string of the molecule is CC(NCc1ccc(C(N)=O)cc1[N+](=O)[O-])C12CC(C1)C2. The van der Waals surface area contributed by atoms with Crippen LogP contribution in [0.3, 0.4) is 0 Å². The molecule has 21 heavy (non-hydrogen) atoms. The largest absolute Gasteiger partial charge is 0.366 e. The maximum Gasteiger partial charge on any atom is 0.274 e. The van der Waals surface area contributed by atoms with E-state index in [0.29, 0.717) is 23.6 Å². The summed E-state index contributed by atoms with van der Waals surface area (Å²) in [5.74, 6) is 0.262. The minimum Gasteiger partial charge on any atom is -0.366 e. The van der Waals surface area contributed by atoms with Crippen molar-refractivity contribution in [1.82, 2.24) is 5.32 Å². The Morgan fingerprint density at radius 3 is 2.67 bits per heavy atom. The van der Waals surface area contributed by atoms with Crippen molar-refractivity contribution in [3.63, 3.8) is 0 Å². The first-order valence-electron chi connectivity index (χ1n) is 7.22. The number of nitrogens with zero attached hydrogens (tertiary/aromatic N) is 1. The summed E-state index contributed by atoms with van der Waals surface area (Å²) in [6.07, 6.45) is 3.84. The third-order valence-electron chi connectivity index (χ3n) is 5.17. The number of carbonyl (C=O) groups excluding carboxylic acids is 1. The number of hydrogen-bond donors (Lipinski definition) is 2. The van der Waals surface area contributed by atoms with Gasteiger partial charge in [0, 0.05) is 29.8 Å². The zero-order valence-electron chi connectivity index (χ0n) is 12.0. The molecule has 1 atom stereocenters. The van der Waals surface area contributed by atoms with Crippen LogP contribution < -0.4 is 11.1 Å². The fourth-order valence-electron chi connectivity index (χ4n) is 3.59. The van der Waals surface area contributed by atoms with Crippen molar-refractivity contribution in [3.8, 4) is 0 Å². The summed E-state index contributed by atoms with van der Waals surface area (Å²) in [5, 5.41) is 14.5. The summed E-state index contributed by atoms with van der Waals surface area (Å²) >= 11 is 0. The van der Waals surface area contributed by atoms with Gasteiger partial charge < -0.3 is 11.1 Å². The predicted octanol–water partition coefficient (Wildman–Crippen LogP) is 1.97. The molecule has 0 aromatic heterocycles. The molecule has 0 radical (unpaired) electrons. The molecule has 1 unspecified atom stereocenters. The van der Waals surface area contributed by atoms with Crippen molar-refractivity contribution in [2.75, 3.05) is 0 Å². The minimum atomic E-state index is -0.653. The van der Waals surface area contributed by atoms with Gasteiger partial charge in [0.1, 0.15) is 0 Å². The van der Waals surface area contributed by atoms with Crippen LogP contribution in [0.1, 0.15) is 42.1 Å². The quantitative estimate of drug-likeness (QED) is 0.618. The number of nitrogens with one attached hydrogen (secondary N) is 1. The molecule has 0 saturated heterocycles. The van der Waals surface area contributed by atoms with Crippen molar-refractivity contribution < 1.29 is 9.72 Å². The fraction of sp³-hybridized carbons (Fsp3) is 0.533. The molecule has 4 rings (SSSR count). The van der Waals surface area contributed by atoms with Gasteiger partial charge in [0.05, 0.1) is 4.92 Å². The van der Waals surface area contributed by atoms with Crippen LogP contribution in [-0.2, 0) is 6.54 Å². The van der Waals surface area contributed by atoms with Gasteiger partial charge in [0.15, 0.2) is 0 Å². The number of nitrogens with two attached hydrogens (primary N) is 1. The second-order valence-corrected chi connectivity index (χ2v) is 6.41. The van der Waals surface area contributed by atoms with Gasteiger partial charge >= 0.3 is 0 Å².